The largest absolute Gasteiger partial charge is 0.282 e. The maximum absolute atomic E-state index is 13.0. The predicted octanol–water partition coefficient (Wildman–Crippen LogP) is 3.65. The quantitative estimate of drug-likeness (QED) is 0.389. The highest BCUT2D eigenvalue weighted by Crippen LogP contribution is 2.32. The van der Waals surface area contributed by atoms with Crippen LogP contribution in [-0.2, 0) is 6.54 Å². The van der Waals surface area contributed by atoms with Crippen molar-refractivity contribution in [2.45, 2.75) is 6.54 Å². The molecule has 0 unspecified atom stereocenters. The fraction of sp³-hybridized carbons (Fsp3) is 0.0556. The second-order valence-corrected chi connectivity index (χ2v) is 6.66. The number of benzene rings is 2. The Hall–Kier alpha value is -3.46. The van der Waals surface area contributed by atoms with E-state index in [9.17, 15) is 24.1 Å². The number of amides is 2. The zero-order chi connectivity index (χ0) is 19.1. The highest BCUT2D eigenvalue weighted by atomic mass is 32.1. The molecule has 4 rings (SSSR count). The number of carbonyl (C=O) groups excluding carboxylic acids is 2. The van der Waals surface area contributed by atoms with Crippen LogP contribution >= 0.6 is 11.3 Å². The summed E-state index contributed by atoms with van der Waals surface area (Å²) in [6.45, 7) is -0.0960. The average molecular weight is 383 g/mol. The smallest absolute Gasteiger partial charge is 0.269 e. The summed E-state index contributed by atoms with van der Waals surface area (Å²) in [6, 6.07) is 9.78. The molecule has 0 saturated carbocycles. The summed E-state index contributed by atoms with van der Waals surface area (Å²) in [5.74, 6) is -1.66. The van der Waals surface area contributed by atoms with Crippen molar-refractivity contribution in [1.29, 1.82) is 0 Å². The second-order valence-electron chi connectivity index (χ2n) is 5.80. The third-order valence-electron chi connectivity index (χ3n) is 4.14. The van der Waals surface area contributed by atoms with Crippen LogP contribution < -0.4 is 0 Å². The number of imide groups is 1. The molecule has 1 aromatic heterocycles. The Morgan fingerprint density at radius 2 is 1.85 bits per heavy atom. The van der Waals surface area contributed by atoms with Gasteiger partial charge in [0.05, 0.1) is 22.7 Å². The van der Waals surface area contributed by atoms with Crippen LogP contribution in [0.4, 0.5) is 10.1 Å². The lowest BCUT2D eigenvalue weighted by molar-refractivity contribution is -0.385. The van der Waals surface area contributed by atoms with Crippen LogP contribution in [0.25, 0.3) is 10.6 Å². The average Bonchev–Trinajstić information content (AvgIpc) is 3.22. The molecule has 0 atom stereocenters. The molecule has 1 aliphatic heterocycles. The van der Waals surface area contributed by atoms with Crippen LogP contribution in [0.5, 0.6) is 0 Å². The third kappa shape index (κ3) is 2.87. The van der Waals surface area contributed by atoms with Gasteiger partial charge in [-0.25, -0.2) is 9.37 Å². The number of nitro benzene ring substituents is 1. The van der Waals surface area contributed by atoms with E-state index in [4.69, 9.17) is 0 Å². The molecular weight excluding hydrogens is 373 g/mol. The molecule has 2 aromatic carbocycles. The lowest BCUT2D eigenvalue weighted by Crippen LogP contribution is -2.29. The van der Waals surface area contributed by atoms with Crippen molar-refractivity contribution >= 4 is 28.8 Å². The Labute approximate surface area is 155 Å². The van der Waals surface area contributed by atoms with Crippen molar-refractivity contribution in [2.24, 2.45) is 0 Å². The number of rotatable bonds is 4. The van der Waals surface area contributed by atoms with Gasteiger partial charge in [0, 0.05) is 17.0 Å². The number of halogens is 1. The minimum absolute atomic E-state index is 0.0168. The molecule has 2 amide bonds. The van der Waals surface area contributed by atoms with Gasteiger partial charge in [0.15, 0.2) is 0 Å². The van der Waals surface area contributed by atoms with E-state index >= 15 is 0 Å². The third-order valence-corrected chi connectivity index (χ3v) is 5.08. The van der Waals surface area contributed by atoms with Crippen molar-refractivity contribution in [3.05, 3.63) is 80.6 Å². The summed E-state index contributed by atoms with van der Waals surface area (Å²) < 4.78 is 13.0. The minimum Gasteiger partial charge on any atom is -0.269 e. The van der Waals surface area contributed by atoms with Crippen LogP contribution in [-0.4, -0.2) is 26.6 Å². The Kier molecular flexibility index (Phi) is 4.00. The van der Waals surface area contributed by atoms with Crippen LogP contribution in [0.1, 0.15) is 26.4 Å². The number of fused-ring (bicyclic) bond motifs is 1. The predicted molar refractivity (Wildman–Crippen MR) is 94.8 cm³/mol. The first-order chi connectivity index (χ1) is 13.0. The summed E-state index contributed by atoms with van der Waals surface area (Å²) >= 11 is 1.30. The van der Waals surface area contributed by atoms with E-state index in [1.807, 2.05) is 0 Å². The van der Waals surface area contributed by atoms with E-state index in [1.165, 1.54) is 41.7 Å². The topological polar surface area (TPSA) is 93.4 Å². The van der Waals surface area contributed by atoms with Gasteiger partial charge in [-0.05, 0) is 30.3 Å². The van der Waals surface area contributed by atoms with Gasteiger partial charge in [-0.2, -0.15) is 0 Å². The van der Waals surface area contributed by atoms with E-state index in [0.29, 0.717) is 16.3 Å². The molecule has 0 bridgehead atoms. The first-order valence-corrected chi connectivity index (χ1v) is 8.67. The van der Waals surface area contributed by atoms with E-state index in [1.54, 1.807) is 17.5 Å². The standard InChI is InChI=1S/C18H10FN3O4S/c19-11-6-4-10(5-7-11)16-20-12(9-27-16)8-21-17(23)13-2-1-3-14(22(25)26)15(13)18(21)24/h1-7,9H,8H2. The molecule has 9 heteroatoms. The second kappa shape index (κ2) is 6.36. The van der Waals surface area contributed by atoms with E-state index in [0.717, 1.165) is 4.90 Å². The van der Waals surface area contributed by atoms with Crippen LogP contribution in [0, 0.1) is 15.9 Å². The number of thiazole rings is 1. The van der Waals surface area contributed by atoms with Crippen LogP contribution in [0.2, 0.25) is 0 Å². The first-order valence-electron chi connectivity index (χ1n) is 7.79. The van der Waals surface area contributed by atoms with Gasteiger partial charge in [-0.15, -0.1) is 11.3 Å². The fourth-order valence-corrected chi connectivity index (χ4v) is 3.70. The van der Waals surface area contributed by atoms with Gasteiger partial charge in [-0.1, -0.05) is 6.07 Å². The zero-order valence-corrected chi connectivity index (χ0v) is 14.4. The lowest BCUT2D eigenvalue weighted by atomic mass is 10.1. The minimum atomic E-state index is -0.710. The molecule has 3 aromatic rings. The summed E-state index contributed by atoms with van der Waals surface area (Å²) in [7, 11) is 0. The Bertz CT molecular complexity index is 1090. The van der Waals surface area contributed by atoms with Gasteiger partial charge < -0.3 is 0 Å². The molecule has 0 N–H and O–H groups in total. The van der Waals surface area contributed by atoms with Crippen molar-refractivity contribution in [3.63, 3.8) is 0 Å². The number of nitrogens with zero attached hydrogens (tertiary/aromatic N) is 3. The van der Waals surface area contributed by atoms with Gasteiger partial charge >= 0.3 is 0 Å². The Morgan fingerprint density at radius 3 is 2.56 bits per heavy atom. The summed E-state index contributed by atoms with van der Waals surface area (Å²) in [5.41, 5.74) is 0.616. The van der Waals surface area contributed by atoms with Crippen molar-refractivity contribution in [2.75, 3.05) is 0 Å². The summed E-state index contributed by atoms with van der Waals surface area (Å²) in [5, 5.41) is 13.5. The van der Waals surface area contributed by atoms with Gasteiger partial charge in [0.1, 0.15) is 16.4 Å². The number of hydrogen-bond acceptors (Lipinski definition) is 6. The van der Waals surface area contributed by atoms with E-state index < -0.39 is 22.4 Å². The lowest BCUT2D eigenvalue weighted by Gasteiger charge is -2.11. The normalized spacial score (nSPS) is 13.1. The molecule has 0 saturated heterocycles. The Balaban J connectivity index is 1.62. The summed E-state index contributed by atoms with van der Waals surface area (Å²) in [6.07, 6.45) is 0. The molecule has 0 radical (unpaired) electrons. The zero-order valence-electron chi connectivity index (χ0n) is 13.6. The Morgan fingerprint density at radius 1 is 1.11 bits per heavy atom. The molecular formula is C18H10FN3O4S. The number of nitro groups is 1. The first kappa shape index (κ1) is 17.0. The van der Waals surface area contributed by atoms with Crippen LogP contribution in [0.3, 0.4) is 0 Å². The molecule has 7 nitrogen and oxygen atoms in total. The number of aromatic nitrogens is 1. The molecule has 0 spiro atoms. The molecule has 0 aliphatic carbocycles. The molecule has 2 heterocycles. The van der Waals surface area contributed by atoms with Crippen molar-refractivity contribution in [1.82, 2.24) is 9.88 Å². The fourth-order valence-electron chi connectivity index (χ4n) is 2.88. The number of hydrogen-bond donors (Lipinski definition) is 0. The maximum Gasteiger partial charge on any atom is 0.282 e. The van der Waals surface area contributed by atoms with Crippen LogP contribution in [0.15, 0.2) is 47.8 Å². The van der Waals surface area contributed by atoms with Gasteiger partial charge in [-0.3, -0.25) is 24.6 Å². The molecule has 134 valence electrons. The van der Waals surface area contributed by atoms with Gasteiger partial charge in [0.25, 0.3) is 17.5 Å². The highest BCUT2D eigenvalue weighted by Gasteiger charge is 2.41. The van der Waals surface area contributed by atoms with Crippen molar-refractivity contribution in [3.8, 4) is 10.6 Å². The summed E-state index contributed by atoms with van der Waals surface area (Å²) in [4.78, 5) is 40.9. The van der Waals surface area contributed by atoms with E-state index in [-0.39, 0.29) is 23.5 Å². The molecule has 1 aliphatic rings. The maximum atomic E-state index is 13.0. The molecule has 0 fully saturated rings. The van der Waals surface area contributed by atoms with Gasteiger partial charge in [0.2, 0.25) is 0 Å². The monoisotopic (exact) mass is 383 g/mol. The van der Waals surface area contributed by atoms with E-state index in [2.05, 4.69) is 4.98 Å². The molecule has 27 heavy (non-hydrogen) atoms. The van der Waals surface area contributed by atoms with Crippen molar-refractivity contribution < 1.29 is 18.9 Å². The highest BCUT2D eigenvalue weighted by molar-refractivity contribution is 7.13. The number of carbonyl (C=O) groups is 2. The SMILES string of the molecule is O=C1c2cccc([N+](=O)[O-])c2C(=O)N1Cc1csc(-c2ccc(F)cc2)n1.